The normalized spacial score (nSPS) is 21.2. The van der Waals surface area contributed by atoms with E-state index in [9.17, 15) is 4.39 Å². The molecule has 31 heavy (non-hydrogen) atoms. The second kappa shape index (κ2) is 7.27. The van der Waals surface area contributed by atoms with Gasteiger partial charge in [0, 0.05) is 30.8 Å². The first-order valence-electron chi connectivity index (χ1n) is 10.2. The van der Waals surface area contributed by atoms with Gasteiger partial charge >= 0.3 is 0 Å². The number of aromatic nitrogens is 2. The molecule has 7 heteroatoms. The molecule has 6 nitrogen and oxygen atoms in total. The van der Waals surface area contributed by atoms with Crippen LogP contribution in [-0.2, 0) is 10.6 Å². The lowest BCUT2D eigenvalue weighted by Crippen LogP contribution is -2.41. The minimum absolute atomic E-state index is 0.267. The maximum absolute atomic E-state index is 13.4. The van der Waals surface area contributed by atoms with Crippen LogP contribution in [0.15, 0.2) is 65.7 Å². The number of benzene rings is 2. The van der Waals surface area contributed by atoms with Crippen molar-refractivity contribution in [2.75, 3.05) is 13.7 Å². The van der Waals surface area contributed by atoms with Gasteiger partial charge in [-0.15, -0.1) is 0 Å². The Morgan fingerprint density at radius 3 is 2.71 bits per heavy atom. The highest BCUT2D eigenvalue weighted by Crippen LogP contribution is 2.41. The fourth-order valence-electron chi connectivity index (χ4n) is 4.18. The third-order valence-corrected chi connectivity index (χ3v) is 5.89. The minimum Gasteiger partial charge on any atom is -0.495 e. The highest BCUT2D eigenvalue weighted by molar-refractivity contribution is 6.04. The maximum atomic E-state index is 13.4. The minimum atomic E-state index is -0.737. The largest absolute Gasteiger partial charge is 0.495 e. The summed E-state index contributed by atoms with van der Waals surface area (Å²) in [5, 5.41) is 4.37. The van der Waals surface area contributed by atoms with Crippen molar-refractivity contribution >= 4 is 11.9 Å². The van der Waals surface area contributed by atoms with Gasteiger partial charge < -0.3 is 19.0 Å². The number of halogens is 1. The lowest BCUT2D eigenvalue weighted by Gasteiger charge is -2.31. The number of hydrogen-bond donors (Lipinski definition) is 0. The third-order valence-electron chi connectivity index (χ3n) is 5.89. The molecule has 2 aromatic carbocycles. The molecule has 5 rings (SSSR count). The van der Waals surface area contributed by atoms with E-state index in [-0.39, 0.29) is 5.82 Å². The maximum Gasteiger partial charge on any atom is 0.234 e. The molecule has 0 spiro atoms. The zero-order valence-electron chi connectivity index (χ0n) is 17.7. The Morgan fingerprint density at radius 1 is 1.19 bits per heavy atom. The zero-order valence-corrected chi connectivity index (χ0v) is 17.7. The number of fused-ring (bicyclic) bond motifs is 1. The molecule has 0 N–H and O–H groups in total. The van der Waals surface area contributed by atoms with Crippen molar-refractivity contribution in [2.24, 2.45) is 5.16 Å². The molecule has 3 aromatic rings. The van der Waals surface area contributed by atoms with Crippen LogP contribution in [0.1, 0.15) is 30.2 Å². The number of rotatable bonds is 4. The van der Waals surface area contributed by atoms with Gasteiger partial charge in [-0.25, -0.2) is 9.37 Å². The summed E-state index contributed by atoms with van der Waals surface area (Å²) in [5.41, 5.74) is 4.13. The number of ether oxygens (including phenoxy) is 1. The summed E-state index contributed by atoms with van der Waals surface area (Å²) in [7, 11) is 1.67. The number of hydrogen-bond acceptors (Lipinski definition) is 5. The summed E-state index contributed by atoms with van der Waals surface area (Å²) in [6.45, 7) is 4.70. The number of oxime groups is 1. The summed E-state index contributed by atoms with van der Waals surface area (Å²) >= 11 is 0. The van der Waals surface area contributed by atoms with Gasteiger partial charge in [-0.3, -0.25) is 0 Å². The van der Waals surface area contributed by atoms with E-state index < -0.39 is 5.72 Å². The first-order chi connectivity index (χ1) is 15.0. The SMILES string of the molecule is COc1cc(C=C2CCN3C2=NOC3(C)c2ccc(F)cc2)ccc1-n1cnc(C)c1. The van der Waals surface area contributed by atoms with Crippen LogP contribution in [0.3, 0.4) is 0 Å². The quantitative estimate of drug-likeness (QED) is 0.620. The fourth-order valence-corrected chi connectivity index (χ4v) is 4.18. The monoisotopic (exact) mass is 418 g/mol. The second-order valence-corrected chi connectivity index (χ2v) is 7.92. The molecule has 0 amide bonds. The van der Waals surface area contributed by atoms with Crippen molar-refractivity contribution in [3.8, 4) is 11.4 Å². The Morgan fingerprint density at radius 2 is 2.00 bits per heavy atom. The van der Waals surface area contributed by atoms with Gasteiger partial charge in [0.2, 0.25) is 5.72 Å². The molecule has 1 atom stereocenters. The van der Waals surface area contributed by atoms with Crippen molar-refractivity contribution < 1.29 is 14.0 Å². The lowest BCUT2D eigenvalue weighted by atomic mass is 10.0. The van der Waals surface area contributed by atoms with Gasteiger partial charge in [0.25, 0.3) is 0 Å². The summed E-state index contributed by atoms with van der Waals surface area (Å²) in [5.74, 6) is 1.32. The molecule has 0 radical (unpaired) electrons. The summed E-state index contributed by atoms with van der Waals surface area (Å²) in [6.07, 6.45) is 6.71. The van der Waals surface area contributed by atoms with Crippen LogP contribution >= 0.6 is 0 Å². The van der Waals surface area contributed by atoms with Crippen molar-refractivity contribution in [1.29, 1.82) is 0 Å². The molecule has 1 saturated heterocycles. The molecule has 1 aromatic heterocycles. The predicted octanol–water partition coefficient (Wildman–Crippen LogP) is 4.63. The Bertz CT molecular complexity index is 1200. The zero-order chi connectivity index (χ0) is 21.6. The van der Waals surface area contributed by atoms with Crippen molar-refractivity contribution in [2.45, 2.75) is 26.0 Å². The predicted molar refractivity (Wildman–Crippen MR) is 116 cm³/mol. The van der Waals surface area contributed by atoms with Gasteiger partial charge in [-0.05, 0) is 49.2 Å². The number of amidine groups is 1. The number of imidazole rings is 1. The van der Waals surface area contributed by atoms with E-state index in [4.69, 9.17) is 9.57 Å². The van der Waals surface area contributed by atoms with E-state index in [0.29, 0.717) is 0 Å². The van der Waals surface area contributed by atoms with Crippen LogP contribution < -0.4 is 4.74 Å². The fraction of sp³-hybridized carbons (Fsp3) is 0.250. The summed E-state index contributed by atoms with van der Waals surface area (Å²) < 4.78 is 20.9. The molecule has 0 aliphatic carbocycles. The average molecular weight is 418 g/mol. The Kier molecular flexibility index (Phi) is 4.54. The van der Waals surface area contributed by atoms with Crippen LogP contribution in [0.4, 0.5) is 4.39 Å². The van der Waals surface area contributed by atoms with Crippen molar-refractivity contribution in [1.82, 2.24) is 14.5 Å². The first-order valence-corrected chi connectivity index (χ1v) is 10.2. The highest BCUT2D eigenvalue weighted by Gasteiger charge is 2.47. The molecule has 3 heterocycles. The summed E-state index contributed by atoms with van der Waals surface area (Å²) in [6, 6.07) is 12.5. The van der Waals surface area contributed by atoms with Crippen LogP contribution in [0.2, 0.25) is 0 Å². The van der Waals surface area contributed by atoms with E-state index in [0.717, 1.165) is 52.6 Å². The molecule has 0 saturated carbocycles. The smallest absolute Gasteiger partial charge is 0.234 e. The molecule has 158 valence electrons. The van der Waals surface area contributed by atoms with Crippen LogP contribution in [0, 0.1) is 12.7 Å². The third kappa shape index (κ3) is 3.26. The number of aryl methyl sites for hydroxylation is 1. The van der Waals surface area contributed by atoms with Gasteiger partial charge in [0.05, 0.1) is 24.8 Å². The second-order valence-electron chi connectivity index (χ2n) is 7.92. The van der Waals surface area contributed by atoms with E-state index >= 15 is 0 Å². The number of methoxy groups -OCH3 is 1. The standard InChI is InChI=1S/C24H23FN4O2/c1-16-14-28(15-26-16)21-9-4-17(13-22(21)30-3)12-18-10-11-29-23(18)27-31-24(29,2)19-5-7-20(25)8-6-19/h4-9,12-15H,10-11H2,1-3H3. The summed E-state index contributed by atoms with van der Waals surface area (Å²) in [4.78, 5) is 12.3. The Balaban J connectivity index is 1.43. The highest BCUT2D eigenvalue weighted by atomic mass is 19.1. The van der Waals surface area contributed by atoms with Crippen molar-refractivity contribution in [3.63, 3.8) is 0 Å². The average Bonchev–Trinajstić information content (AvgIpc) is 3.47. The van der Waals surface area contributed by atoms with Gasteiger partial charge in [0.15, 0.2) is 5.84 Å². The molecule has 1 unspecified atom stereocenters. The molecule has 2 aliphatic rings. The number of nitrogens with zero attached hydrogens (tertiary/aromatic N) is 4. The van der Waals surface area contributed by atoms with Crippen LogP contribution in [0.5, 0.6) is 5.75 Å². The van der Waals surface area contributed by atoms with Crippen molar-refractivity contribution in [3.05, 3.63) is 83.2 Å². The molecule has 2 aliphatic heterocycles. The molecule has 1 fully saturated rings. The first kappa shape index (κ1) is 19.4. The van der Waals surface area contributed by atoms with E-state index in [1.54, 1.807) is 25.6 Å². The van der Waals surface area contributed by atoms with Gasteiger partial charge in [-0.1, -0.05) is 23.4 Å². The van der Waals surface area contributed by atoms with E-state index in [1.165, 1.54) is 12.1 Å². The van der Waals surface area contributed by atoms with Crippen LogP contribution in [0.25, 0.3) is 11.8 Å². The topological polar surface area (TPSA) is 51.9 Å². The molecular formula is C24H23FN4O2. The lowest BCUT2D eigenvalue weighted by molar-refractivity contribution is -0.0883. The van der Waals surface area contributed by atoms with Crippen LogP contribution in [-0.4, -0.2) is 33.9 Å². The Hall–Kier alpha value is -3.61. The van der Waals surface area contributed by atoms with Gasteiger partial charge in [-0.2, -0.15) is 0 Å². The molecule has 0 bridgehead atoms. The molecular weight excluding hydrogens is 395 g/mol. The van der Waals surface area contributed by atoms with E-state index in [2.05, 4.69) is 27.2 Å². The van der Waals surface area contributed by atoms with E-state index in [1.807, 2.05) is 36.7 Å². The van der Waals surface area contributed by atoms with Gasteiger partial charge in [0.1, 0.15) is 11.6 Å². The Labute approximate surface area is 180 Å².